The lowest BCUT2D eigenvalue weighted by Crippen LogP contribution is -2.03. The van der Waals surface area contributed by atoms with Crippen LogP contribution in [-0.2, 0) is 22.0 Å². The maximum absolute atomic E-state index is 11.1. The van der Waals surface area contributed by atoms with Gasteiger partial charge in [0.05, 0.1) is 5.69 Å². The van der Waals surface area contributed by atoms with E-state index in [9.17, 15) is 13.2 Å². The van der Waals surface area contributed by atoms with E-state index >= 15 is 0 Å². The van der Waals surface area contributed by atoms with Crippen LogP contribution in [-0.4, -0.2) is 30.7 Å². The molecular formula is C10H15NO5S. The van der Waals surface area contributed by atoms with E-state index in [1.165, 1.54) is 0 Å². The van der Waals surface area contributed by atoms with Gasteiger partial charge in [-0.2, -0.15) is 0 Å². The minimum atomic E-state index is -3.28. The molecule has 0 spiro atoms. The average molecular weight is 261 g/mol. The molecule has 7 heteroatoms. The topological polar surface area (TPSA) is 97.5 Å². The number of carbonyl (C=O) groups is 1. The minimum Gasteiger partial charge on any atom is -0.475 e. The zero-order valence-electron chi connectivity index (χ0n) is 9.93. The van der Waals surface area contributed by atoms with Gasteiger partial charge in [0.25, 0.3) is 0 Å². The zero-order chi connectivity index (χ0) is 13.2. The molecule has 0 fully saturated rings. The fourth-order valence-electron chi connectivity index (χ4n) is 1.38. The van der Waals surface area contributed by atoms with Crippen LogP contribution in [0.3, 0.4) is 0 Å². The zero-order valence-corrected chi connectivity index (χ0v) is 10.7. The highest BCUT2D eigenvalue weighted by atomic mass is 32.2. The molecule has 0 atom stereocenters. The van der Waals surface area contributed by atoms with Crippen LogP contribution in [0.25, 0.3) is 0 Å². The van der Waals surface area contributed by atoms with Gasteiger partial charge in [-0.1, -0.05) is 13.8 Å². The number of sulfone groups is 1. The lowest BCUT2D eigenvalue weighted by molar-refractivity contribution is 0.0659. The number of rotatable bonds is 5. The van der Waals surface area contributed by atoms with Crippen molar-refractivity contribution in [2.75, 3.05) is 6.26 Å². The molecule has 0 aromatic carbocycles. The number of aromatic nitrogens is 1. The fraction of sp³-hybridized carbons (Fsp3) is 0.600. The first-order valence-corrected chi connectivity index (χ1v) is 7.14. The predicted octanol–water partition coefficient (Wildman–Crippen LogP) is 1.12. The molecule has 0 saturated carbocycles. The van der Waals surface area contributed by atoms with E-state index in [0.29, 0.717) is 12.1 Å². The van der Waals surface area contributed by atoms with E-state index in [1.54, 1.807) is 0 Å². The summed E-state index contributed by atoms with van der Waals surface area (Å²) in [6.45, 7) is 3.83. The Morgan fingerprint density at radius 3 is 2.47 bits per heavy atom. The molecule has 0 aliphatic carbocycles. The molecular weight excluding hydrogens is 246 g/mol. The number of oxazole rings is 1. The molecule has 6 nitrogen and oxygen atoms in total. The first-order valence-electron chi connectivity index (χ1n) is 5.08. The first-order chi connectivity index (χ1) is 7.69. The van der Waals surface area contributed by atoms with Crippen molar-refractivity contribution < 1.29 is 22.7 Å². The quantitative estimate of drug-likeness (QED) is 0.852. The maximum atomic E-state index is 11.1. The van der Waals surface area contributed by atoms with Crippen LogP contribution in [0.5, 0.6) is 0 Å². The third kappa shape index (κ3) is 4.18. The van der Waals surface area contributed by atoms with Crippen molar-refractivity contribution in [2.24, 2.45) is 5.92 Å². The second kappa shape index (κ2) is 4.87. The number of hydrogen-bond donors (Lipinski definition) is 1. The number of hydrogen-bond acceptors (Lipinski definition) is 5. The molecule has 0 amide bonds. The molecule has 1 heterocycles. The number of aromatic carboxylic acids is 1. The van der Waals surface area contributed by atoms with Crippen molar-refractivity contribution >= 4 is 15.8 Å². The van der Waals surface area contributed by atoms with Gasteiger partial charge in [0.1, 0.15) is 5.75 Å². The molecule has 0 radical (unpaired) electrons. The molecule has 0 aliphatic heterocycles. The summed E-state index contributed by atoms with van der Waals surface area (Å²) < 4.78 is 27.1. The summed E-state index contributed by atoms with van der Waals surface area (Å²) in [4.78, 5) is 14.8. The summed E-state index contributed by atoms with van der Waals surface area (Å²) in [5.41, 5.74) is 0.297. The van der Waals surface area contributed by atoms with Crippen LogP contribution >= 0.6 is 0 Å². The van der Waals surface area contributed by atoms with E-state index in [-0.39, 0.29) is 23.3 Å². The number of carboxylic acids is 1. The van der Waals surface area contributed by atoms with Gasteiger partial charge in [0, 0.05) is 6.26 Å². The van der Waals surface area contributed by atoms with Crippen molar-refractivity contribution in [3.8, 4) is 0 Å². The average Bonchev–Trinajstić information content (AvgIpc) is 2.43. The summed E-state index contributed by atoms with van der Waals surface area (Å²) in [6.07, 6.45) is 1.48. The third-order valence-corrected chi connectivity index (χ3v) is 2.69. The summed E-state index contributed by atoms with van der Waals surface area (Å²) >= 11 is 0. The molecule has 1 rings (SSSR count). The van der Waals surface area contributed by atoms with Gasteiger partial charge >= 0.3 is 5.97 Å². The van der Waals surface area contributed by atoms with E-state index in [4.69, 9.17) is 9.52 Å². The smallest absolute Gasteiger partial charge is 0.373 e. The van der Waals surface area contributed by atoms with Gasteiger partial charge in [-0.15, -0.1) is 0 Å². The number of carboxylic acid groups (broad SMARTS) is 1. The summed E-state index contributed by atoms with van der Waals surface area (Å²) in [6, 6.07) is 0. The SMILES string of the molecule is CC(C)Cc1nc(CS(C)(=O)=O)oc1C(=O)O. The second-order valence-corrected chi connectivity index (χ2v) is 6.50. The maximum Gasteiger partial charge on any atom is 0.373 e. The van der Waals surface area contributed by atoms with Crippen LogP contribution in [0.2, 0.25) is 0 Å². The largest absolute Gasteiger partial charge is 0.475 e. The Labute approximate surface area is 99.6 Å². The Balaban J connectivity index is 3.08. The molecule has 1 aromatic heterocycles. The van der Waals surface area contributed by atoms with Gasteiger partial charge in [-0.3, -0.25) is 0 Å². The van der Waals surface area contributed by atoms with E-state index in [2.05, 4.69) is 4.98 Å². The predicted molar refractivity (Wildman–Crippen MR) is 60.6 cm³/mol. The molecule has 0 saturated heterocycles. The molecule has 1 aromatic rings. The van der Waals surface area contributed by atoms with Crippen LogP contribution < -0.4 is 0 Å². The van der Waals surface area contributed by atoms with Crippen molar-refractivity contribution in [1.29, 1.82) is 0 Å². The van der Waals surface area contributed by atoms with E-state index < -0.39 is 15.8 Å². The minimum absolute atomic E-state index is 0.0689. The van der Waals surface area contributed by atoms with Gasteiger partial charge in [0.2, 0.25) is 11.7 Å². The van der Waals surface area contributed by atoms with Crippen LogP contribution in [0.15, 0.2) is 4.42 Å². The van der Waals surface area contributed by atoms with Crippen molar-refractivity contribution in [3.63, 3.8) is 0 Å². The molecule has 17 heavy (non-hydrogen) atoms. The van der Waals surface area contributed by atoms with Gasteiger partial charge < -0.3 is 9.52 Å². The van der Waals surface area contributed by atoms with Crippen LogP contribution in [0.1, 0.15) is 36.0 Å². The summed E-state index contributed by atoms with van der Waals surface area (Å²) in [5, 5.41) is 8.91. The normalized spacial score (nSPS) is 12.0. The molecule has 96 valence electrons. The second-order valence-electron chi connectivity index (χ2n) is 4.36. The van der Waals surface area contributed by atoms with Gasteiger partial charge in [0.15, 0.2) is 9.84 Å². The third-order valence-electron chi connectivity index (χ3n) is 1.92. The Kier molecular flexibility index (Phi) is 3.92. The monoisotopic (exact) mass is 261 g/mol. The van der Waals surface area contributed by atoms with Crippen molar-refractivity contribution in [3.05, 3.63) is 17.3 Å². The Morgan fingerprint density at radius 2 is 2.06 bits per heavy atom. The number of nitrogens with zero attached hydrogens (tertiary/aromatic N) is 1. The molecule has 0 bridgehead atoms. The molecule has 0 aliphatic rings. The summed E-state index contributed by atoms with van der Waals surface area (Å²) in [5.74, 6) is -1.74. The molecule has 0 unspecified atom stereocenters. The van der Waals surface area contributed by atoms with E-state index in [1.807, 2.05) is 13.8 Å². The van der Waals surface area contributed by atoms with Crippen molar-refractivity contribution in [2.45, 2.75) is 26.0 Å². The van der Waals surface area contributed by atoms with Gasteiger partial charge in [-0.25, -0.2) is 18.2 Å². The Bertz CT molecular complexity index is 515. The highest BCUT2D eigenvalue weighted by molar-refractivity contribution is 7.89. The Hall–Kier alpha value is -1.37. The van der Waals surface area contributed by atoms with E-state index in [0.717, 1.165) is 6.26 Å². The standard InChI is InChI=1S/C10H15NO5S/c1-6(2)4-7-9(10(12)13)16-8(11-7)5-17(3,14)15/h6H,4-5H2,1-3H3,(H,12,13). The fourth-order valence-corrected chi connectivity index (χ4v) is 1.95. The highest BCUT2D eigenvalue weighted by Gasteiger charge is 2.21. The van der Waals surface area contributed by atoms with Crippen LogP contribution in [0.4, 0.5) is 0 Å². The summed E-state index contributed by atoms with van der Waals surface area (Å²) in [7, 11) is -3.28. The van der Waals surface area contributed by atoms with Crippen LogP contribution in [0, 0.1) is 5.92 Å². The highest BCUT2D eigenvalue weighted by Crippen LogP contribution is 2.16. The molecule has 1 N–H and O–H groups in total. The lowest BCUT2D eigenvalue weighted by Gasteiger charge is -1.99. The van der Waals surface area contributed by atoms with Gasteiger partial charge in [-0.05, 0) is 12.3 Å². The first kappa shape index (κ1) is 13.7. The lowest BCUT2D eigenvalue weighted by atomic mass is 10.1. The van der Waals surface area contributed by atoms with Crippen molar-refractivity contribution in [1.82, 2.24) is 4.98 Å². The Morgan fingerprint density at radius 1 is 1.47 bits per heavy atom.